The Kier molecular flexibility index (Phi) is 6.25. The van der Waals surface area contributed by atoms with Crippen molar-refractivity contribution in [2.24, 2.45) is 16.6 Å². The monoisotopic (exact) mass is 411 g/mol. The highest BCUT2D eigenvalue weighted by Gasteiger charge is 2.25. The van der Waals surface area contributed by atoms with Crippen LogP contribution in [-0.2, 0) is 20.8 Å². The van der Waals surface area contributed by atoms with Crippen LogP contribution in [0.5, 0.6) is 0 Å². The SMILES string of the molecule is NC(=O)c1ccc(NC(=O)CCc2csc(NC(=O)C3C=CC=NC3=O)n2)cc1. The van der Waals surface area contributed by atoms with Gasteiger partial charge in [-0.25, -0.2) is 9.98 Å². The standard InChI is InChI=1S/C19H17N5O4S/c20-16(26)11-3-5-12(6-4-11)22-15(25)8-7-13-10-29-19(23-13)24-18(28)14-2-1-9-21-17(14)27/h1-6,9-10,14H,7-8H2,(H2,20,26)(H,22,25)(H,23,24,28). The van der Waals surface area contributed by atoms with E-state index in [0.717, 1.165) is 0 Å². The van der Waals surface area contributed by atoms with Gasteiger partial charge in [0, 0.05) is 29.3 Å². The molecule has 1 aliphatic heterocycles. The summed E-state index contributed by atoms with van der Waals surface area (Å²) in [6, 6.07) is 6.26. The van der Waals surface area contributed by atoms with Crippen LogP contribution in [0.3, 0.4) is 0 Å². The van der Waals surface area contributed by atoms with E-state index in [0.29, 0.717) is 28.5 Å². The third kappa shape index (κ3) is 5.42. The number of dihydropyridines is 1. The predicted octanol–water partition coefficient (Wildman–Crippen LogP) is 1.54. The number of nitrogens with two attached hydrogens (primary N) is 1. The number of hydrogen-bond donors (Lipinski definition) is 3. The van der Waals surface area contributed by atoms with Crippen LogP contribution in [0.4, 0.5) is 10.8 Å². The fourth-order valence-electron chi connectivity index (χ4n) is 2.48. The molecular formula is C19H17N5O4S. The first-order valence-electron chi connectivity index (χ1n) is 8.62. The Morgan fingerprint density at radius 2 is 1.90 bits per heavy atom. The number of allylic oxidation sites excluding steroid dienone is 1. The summed E-state index contributed by atoms with van der Waals surface area (Å²) < 4.78 is 0. The minimum atomic E-state index is -0.959. The van der Waals surface area contributed by atoms with Crippen LogP contribution < -0.4 is 16.4 Å². The molecule has 3 rings (SSSR count). The number of aryl methyl sites for hydroxylation is 1. The maximum Gasteiger partial charge on any atom is 0.262 e. The number of amides is 4. The van der Waals surface area contributed by atoms with Gasteiger partial charge in [0.2, 0.25) is 17.7 Å². The predicted molar refractivity (Wildman–Crippen MR) is 109 cm³/mol. The molecule has 4 amide bonds. The Labute approximate surface area is 169 Å². The molecule has 0 saturated carbocycles. The number of hydrogen-bond acceptors (Lipinski definition) is 6. The lowest BCUT2D eigenvalue weighted by molar-refractivity contribution is -0.128. The number of nitrogens with one attached hydrogen (secondary N) is 2. The van der Waals surface area contributed by atoms with Crippen LogP contribution in [0, 0.1) is 5.92 Å². The zero-order valence-electron chi connectivity index (χ0n) is 15.1. The van der Waals surface area contributed by atoms with Gasteiger partial charge in [-0.1, -0.05) is 6.08 Å². The van der Waals surface area contributed by atoms with Crippen molar-refractivity contribution in [2.75, 3.05) is 10.6 Å². The van der Waals surface area contributed by atoms with Crippen molar-refractivity contribution in [3.8, 4) is 0 Å². The summed E-state index contributed by atoms with van der Waals surface area (Å²) >= 11 is 1.21. The highest BCUT2D eigenvalue weighted by Crippen LogP contribution is 2.19. The number of carbonyl (C=O) groups excluding carboxylic acids is 4. The van der Waals surface area contributed by atoms with E-state index in [2.05, 4.69) is 20.6 Å². The van der Waals surface area contributed by atoms with Gasteiger partial charge in [0.25, 0.3) is 5.91 Å². The first-order valence-corrected chi connectivity index (χ1v) is 9.50. The lowest BCUT2D eigenvalue weighted by Gasteiger charge is -2.09. The van der Waals surface area contributed by atoms with Crippen LogP contribution in [0.1, 0.15) is 22.5 Å². The molecule has 4 N–H and O–H groups in total. The van der Waals surface area contributed by atoms with Crippen molar-refractivity contribution in [3.63, 3.8) is 0 Å². The number of aliphatic imine (C=N–C) groups is 1. The van der Waals surface area contributed by atoms with Crippen LogP contribution in [0.15, 0.2) is 46.8 Å². The molecule has 1 atom stereocenters. The maximum absolute atomic E-state index is 12.1. The highest BCUT2D eigenvalue weighted by atomic mass is 32.1. The molecular weight excluding hydrogens is 394 g/mol. The highest BCUT2D eigenvalue weighted by molar-refractivity contribution is 7.13. The van der Waals surface area contributed by atoms with Crippen molar-refractivity contribution in [1.29, 1.82) is 0 Å². The van der Waals surface area contributed by atoms with E-state index in [1.807, 2.05) is 0 Å². The molecule has 10 heteroatoms. The maximum atomic E-state index is 12.1. The fourth-order valence-corrected chi connectivity index (χ4v) is 3.23. The van der Waals surface area contributed by atoms with Crippen molar-refractivity contribution in [3.05, 3.63) is 53.1 Å². The third-order valence-corrected chi connectivity index (χ3v) is 4.79. The zero-order chi connectivity index (χ0) is 20.8. The number of benzene rings is 1. The molecule has 0 fully saturated rings. The molecule has 1 aliphatic rings. The van der Waals surface area contributed by atoms with Crippen LogP contribution in [0.25, 0.3) is 0 Å². The van der Waals surface area contributed by atoms with Gasteiger partial charge in [-0.3, -0.25) is 19.2 Å². The molecule has 148 valence electrons. The molecule has 1 unspecified atom stereocenters. The van der Waals surface area contributed by atoms with E-state index < -0.39 is 23.6 Å². The molecule has 0 saturated heterocycles. The molecule has 0 bridgehead atoms. The minimum Gasteiger partial charge on any atom is -0.366 e. The number of nitrogens with zero attached hydrogens (tertiary/aromatic N) is 2. The van der Waals surface area contributed by atoms with Gasteiger partial charge in [0.05, 0.1) is 5.69 Å². The Morgan fingerprint density at radius 1 is 1.14 bits per heavy atom. The second kappa shape index (κ2) is 9.02. The Bertz CT molecular complexity index is 1010. The van der Waals surface area contributed by atoms with Crippen molar-refractivity contribution in [2.45, 2.75) is 12.8 Å². The molecule has 9 nitrogen and oxygen atoms in total. The topological polar surface area (TPSA) is 144 Å². The van der Waals surface area contributed by atoms with E-state index in [-0.39, 0.29) is 12.3 Å². The number of carbonyl (C=O) groups is 4. The summed E-state index contributed by atoms with van der Waals surface area (Å²) in [6.07, 6.45) is 4.92. The lowest BCUT2D eigenvalue weighted by atomic mass is 10.1. The number of thiazole rings is 1. The second-order valence-corrected chi connectivity index (χ2v) is 6.96. The van der Waals surface area contributed by atoms with E-state index in [1.54, 1.807) is 23.6 Å². The molecule has 1 aromatic carbocycles. The number of anilines is 2. The summed E-state index contributed by atoms with van der Waals surface area (Å²) in [5, 5.41) is 7.40. The molecule has 29 heavy (non-hydrogen) atoms. The molecule has 0 aliphatic carbocycles. The summed E-state index contributed by atoms with van der Waals surface area (Å²) in [7, 11) is 0. The Hall–Kier alpha value is -3.66. The number of rotatable bonds is 7. The van der Waals surface area contributed by atoms with Gasteiger partial charge in [-0.2, -0.15) is 0 Å². The fraction of sp³-hybridized carbons (Fsp3) is 0.158. The van der Waals surface area contributed by atoms with E-state index in [1.165, 1.54) is 35.8 Å². The quantitative estimate of drug-likeness (QED) is 0.592. The summed E-state index contributed by atoms with van der Waals surface area (Å²) in [5.74, 6) is -2.74. The van der Waals surface area contributed by atoms with Gasteiger partial charge >= 0.3 is 0 Å². The molecule has 1 aromatic heterocycles. The third-order valence-electron chi connectivity index (χ3n) is 3.98. The zero-order valence-corrected chi connectivity index (χ0v) is 15.9. The molecule has 0 radical (unpaired) electrons. The van der Waals surface area contributed by atoms with E-state index in [4.69, 9.17) is 5.73 Å². The second-order valence-electron chi connectivity index (χ2n) is 6.10. The Morgan fingerprint density at radius 3 is 2.59 bits per heavy atom. The van der Waals surface area contributed by atoms with Crippen LogP contribution >= 0.6 is 11.3 Å². The average molecular weight is 411 g/mol. The smallest absolute Gasteiger partial charge is 0.262 e. The van der Waals surface area contributed by atoms with Gasteiger partial charge < -0.3 is 16.4 Å². The molecule has 2 heterocycles. The van der Waals surface area contributed by atoms with E-state index >= 15 is 0 Å². The van der Waals surface area contributed by atoms with Gasteiger partial charge in [-0.15, -0.1) is 11.3 Å². The average Bonchev–Trinajstić information content (AvgIpc) is 3.14. The van der Waals surface area contributed by atoms with Gasteiger partial charge in [0.1, 0.15) is 5.92 Å². The first-order chi connectivity index (χ1) is 13.9. The summed E-state index contributed by atoms with van der Waals surface area (Å²) in [4.78, 5) is 54.7. The Balaban J connectivity index is 1.48. The van der Waals surface area contributed by atoms with E-state index in [9.17, 15) is 19.2 Å². The largest absolute Gasteiger partial charge is 0.366 e. The van der Waals surface area contributed by atoms with Crippen molar-refractivity contribution < 1.29 is 19.2 Å². The van der Waals surface area contributed by atoms with Crippen LogP contribution in [0.2, 0.25) is 0 Å². The van der Waals surface area contributed by atoms with Crippen molar-refractivity contribution >= 4 is 52.0 Å². The first kappa shape index (κ1) is 20.1. The van der Waals surface area contributed by atoms with Crippen molar-refractivity contribution in [1.82, 2.24) is 4.98 Å². The molecule has 0 spiro atoms. The minimum absolute atomic E-state index is 0.188. The van der Waals surface area contributed by atoms with Crippen LogP contribution in [-0.4, -0.2) is 34.8 Å². The number of aromatic nitrogens is 1. The number of primary amides is 1. The summed E-state index contributed by atoms with van der Waals surface area (Å²) in [5.41, 5.74) is 6.73. The molecule has 2 aromatic rings. The normalized spacial score (nSPS) is 15.2. The lowest BCUT2D eigenvalue weighted by Crippen LogP contribution is -2.28. The van der Waals surface area contributed by atoms with Gasteiger partial charge in [-0.05, 0) is 36.8 Å². The van der Waals surface area contributed by atoms with Gasteiger partial charge in [0.15, 0.2) is 5.13 Å². The summed E-state index contributed by atoms with van der Waals surface area (Å²) in [6.45, 7) is 0.